The van der Waals surface area contributed by atoms with E-state index in [9.17, 15) is 13.2 Å². The van der Waals surface area contributed by atoms with Gasteiger partial charge in [-0.2, -0.15) is 4.31 Å². The lowest BCUT2D eigenvalue weighted by molar-refractivity contribution is -0.895. The molecule has 0 unspecified atom stereocenters. The molecule has 1 aromatic carbocycles. The van der Waals surface area contributed by atoms with Crippen molar-refractivity contribution in [3.63, 3.8) is 0 Å². The second-order valence-corrected chi connectivity index (χ2v) is 9.69. The number of carbonyl (C=O) groups is 1. The molecule has 146 valence electrons. The summed E-state index contributed by atoms with van der Waals surface area (Å²) in [6, 6.07) is 4.42. The predicted octanol–water partition coefficient (Wildman–Crippen LogP) is 1.04. The van der Waals surface area contributed by atoms with Gasteiger partial charge >= 0.3 is 0 Å². The standard InChI is InChI=1S/C17H25Cl2N3O3S/c1-13(2)5-6-20-17(23)12-21-7-9-22(10-8-21)26(24,25)16-11-14(18)3-4-15(16)19/h3-4,11,13H,5-10,12H2,1-2H3,(H,20,23)/p+1. The smallest absolute Gasteiger partial charge is 0.275 e. The van der Waals surface area contributed by atoms with Crippen LogP contribution in [-0.4, -0.2) is 57.9 Å². The Morgan fingerprint density at radius 1 is 1.27 bits per heavy atom. The normalized spacial score (nSPS) is 16.8. The van der Waals surface area contributed by atoms with Crippen LogP contribution in [0.25, 0.3) is 0 Å². The van der Waals surface area contributed by atoms with Gasteiger partial charge in [0.25, 0.3) is 5.91 Å². The number of hydrogen-bond acceptors (Lipinski definition) is 3. The first-order valence-electron chi connectivity index (χ1n) is 8.75. The number of amides is 1. The summed E-state index contributed by atoms with van der Waals surface area (Å²) in [6.45, 7) is 7.12. The Hall–Kier alpha value is -0.860. The van der Waals surface area contributed by atoms with Crippen molar-refractivity contribution >= 4 is 39.1 Å². The van der Waals surface area contributed by atoms with E-state index in [1.807, 2.05) is 0 Å². The summed E-state index contributed by atoms with van der Waals surface area (Å²) in [5.74, 6) is 0.560. The van der Waals surface area contributed by atoms with Crippen LogP contribution in [0, 0.1) is 5.92 Å². The molecule has 2 N–H and O–H groups in total. The molecule has 1 saturated heterocycles. The Morgan fingerprint density at radius 2 is 1.92 bits per heavy atom. The summed E-state index contributed by atoms with van der Waals surface area (Å²) >= 11 is 12.0. The van der Waals surface area contributed by atoms with Crippen LogP contribution >= 0.6 is 23.2 Å². The fourth-order valence-electron chi connectivity index (χ4n) is 2.82. The lowest BCUT2D eigenvalue weighted by Crippen LogP contribution is -3.15. The van der Waals surface area contributed by atoms with Crippen LogP contribution in [-0.2, 0) is 14.8 Å². The van der Waals surface area contributed by atoms with Crippen LogP contribution in [0.15, 0.2) is 23.1 Å². The van der Waals surface area contributed by atoms with E-state index in [-0.39, 0.29) is 15.8 Å². The molecule has 1 amide bonds. The van der Waals surface area contributed by atoms with Crippen LogP contribution in [0.4, 0.5) is 0 Å². The van der Waals surface area contributed by atoms with Gasteiger partial charge in [-0.15, -0.1) is 0 Å². The summed E-state index contributed by atoms with van der Waals surface area (Å²) in [4.78, 5) is 13.1. The molecule has 0 atom stereocenters. The van der Waals surface area contributed by atoms with E-state index in [1.54, 1.807) is 6.07 Å². The van der Waals surface area contributed by atoms with Gasteiger partial charge in [0.1, 0.15) is 4.90 Å². The van der Waals surface area contributed by atoms with E-state index < -0.39 is 10.0 Å². The minimum atomic E-state index is -3.69. The van der Waals surface area contributed by atoms with E-state index in [1.165, 1.54) is 16.4 Å². The van der Waals surface area contributed by atoms with Crippen molar-refractivity contribution in [1.29, 1.82) is 0 Å². The molecule has 1 aliphatic rings. The Bertz CT molecular complexity index is 733. The highest BCUT2D eigenvalue weighted by molar-refractivity contribution is 7.89. The Labute approximate surface area is 165 Å². The average Bonchev–Trinajstić information content (AvgIpc) is 2.57. The Kier molecular flexibility index (Phi) is 7.73. The maximum absolute atomic E-state index is 12.8. The van der Waals surface area contributed by atoms with Gasteiger partial charge in [-0.05, 0) is 30.5 Å². The number of hydrogen-bond donors (Lipinski definition) is 2. The van der Waals surface area contributed by atoms with Gasteiger partial charge in [-0.1, -0.05) is 37.0 Å². The number of quaternary nitrogens is 1. The number of nitrogens with zero attached hydrogens (tertiary/aromatic N) is 1. The van der Waals surface area contributed by atoms with Gasteiger partial charge in [-0.3, -0.25) is 4.79 Å². The fourth-order valence-corrected chi connectivity index (χ4v) is 5.00. The summed E-state index contributed by atoms with van der Waals surface area (Å²) < 4.78 is 27.0. The molecule has 0 bridgehead atoms. The van der Waals surface area contributed by atoms with Crippen LogP contribution < -0.4 is 10.2 Å². The fraction of sp³-hybridized carbons (Fsp3) is 0.588. The number of nitrogens with one attached hydrogen (secondary N) is 2. The van der Waals surface area contributed by atoms with Crippen LogP contribution in [0.3, 0.4) is 0 Å². The number of sulfonamides is 1. The zero-order valence-electron chi connectivity index (χ0n) is 15.1. The van der Waals surface area contributed by atoms with E-state index in [0.717, 1.165) is 11.3 Å². The third kappa shape index (κ3) is 5.82. The number of halogens is 2. The maximum Gasteiger partial charge on any atom is 0.275 e. The number of rotatable bonds is 7. The number of piperazine rings is 1. The first-order chi connectivity index (χ1) is 12.2. The van der Waals surface area contributed by atoms with Gasteiger partial charge < -0.3 is 10.2 Å². The van der Waals surface area contributed by atoms with Crippen LogP contribution in [0.1, 0.15) is 20.3 Å². The molecule has 0 radical (unpaired) electrons. The Balaban J connectivity index is 1.89. The summed E-state index contributed by atoms with van der Waals surface area (Å²) in [6.07, 6.45) is 0.952. The molecule has 1 aliphatic heterocycles. The minimum absolute atomic E-state index is 0.00911. The highest BCUT2D eigenvalue weighted by atomic mass is 35.5. The molecule has 0 aromatic heterocycles. The van der Waals surface area contributed by atoms with Crippen molar-refractivity contribution in [2.75, 3.05) is 39.3 Å². The average molecular weight is 423 g/mol. The van der Waals surface area contributed by atoms with E-state index >= 15 is 0 Å². The zero-order valence-corrected chi connectivity index (χ0v) is 17.4. The molecule has 6 nitrogen and oxygen atoms in total. The first-order valence-corrected chi connectivity index (χ1v) is 10.9. The molecular formula is C17H26Cl2N3O3S+. The molecule has 1 heterocycles. The lowest BCUT2D eigenvalue weighted by atomic mass is 10.1. The first kappa shape index (κ1) is 21.4. The van der Waals surface area contributed by atoms with Crippen molar-refractivity contribution < 1.29 is 18.1 Å². The summed E-state index contributed by atoms with van der Waals surface area (Å²) in [5, 5.41) is 3.41. The van der Waals surface area contributed by atoms with Gasteiger partial charge in [0.05, 0.1) is 31.2 Å². The molecule has 0 spiro atoms. The zero-order chi connectivity index (χ0) is 19.3. The van der Waals surface area contributed by atoms with Crippen LogP contribution in [0.2, 0.25) is 10.0 Å². The van der Waals surface area contributed by atoms with E-state index in [0.29, 0.717) is 50.2 Å². The minimum Gasteiger partial charge on any atom is -0.351 e. The van der Waals surface area contributed by atoms with Crippen molar-refractivity contribution in [1.82, 2.24) is 9.62 Å². The number of carbonyl (C=O) groups excluding carboxylic acids is 1. The third-order valence-corrected chi connectivity index (χ3v) is 7.01. The highest BCUT2D eigenvalue weighted by Crippen LogP contribution is 2.27. The van der Waals surface area contributed by atoms with Gasteiger partial charge in [0.15, 0.2) is 6.54 Å². The largest absolute Gasteiger partial charge is 0.351 e. The molecule has 0 aliphatic carbocycles. The quantitative estimate of drug-likeness (QED) is 0.689. The SMILES string of the molecule is CC(C)CCNC(=O)C[NH+]1CCN(S(=O)(=O)c2cc(Cl)ccc2Cl)CC1. The van der Waals surface area contributed by atoms with Crippen molar-refractivity contribution in [2.24, 2.45) is 5.92 Å². The van der Waals surface area contributed by atoms with Crippen LogP contribution in [0.5, 0.6) is 0 Å². The van der Waals surface area contributed by atoms with Crippen molar-refractivity contribution in [3.8, 4) is 0 Å². The highest BCUT2D eigenvalue weighted by Gasteiger charge is 2.32. The predicted molar refractivity (Wildman–Crippen MR) is 103 cm³/mol. The molecule has 9 heteroatoms. The molecule has 2 rings (SSSR count). The van der Waals surface area contributed by atoms with Gasteiger partial charge in [0, 0.05) is 11.6 Å². The second kappa shape index (κ2) is 9.37. The van der Waals surface area contributed by atoms with Crippen molar-refractivity contribution in [3.05, 3.63) is 28.2 Å². The molecular weight excluding hydrogens is 397 g/mol. The molecule has 0 saturated carbocycles. The Morgan fingerprint density at radius 3 is 2.54 bits per heavy atom. The van der Waals surface area contributed by atoms with Gasteiger partial charge in [0.2, 0.25) is 10.0 Å². The van der Waals surface area contributed by atoms with E-state index in [2.05, 4.69) is 19.2 Å². The lowest BCUT2D eigenvalue weighted by Gasteiger charge is -2.31. The maximum atomic E-state index is 12.8. The second-order valence-electron chi connectivity index (χ2n) is 6.94. The summed E-state index contributed by atoms with van der Waals surface area (Å²) in [5.41, 5.74) is 0. The van der Waals surface area contributed by atoms with E-state index in [4.69, 9.17) is 23.2 Å². The third-order valence-electron chi connectivity index (χ3n) is 4.40. The summed E-state index contributed by atoms with van der Waals surface area (Å²) in [7, 11) is -3.69. The molecule has 1 fully saturated rings. The monoisotopic (exact) mass is 422 g/mol. The van der Waals surface area contributed by atoms with Crippen molar-refractivity contribution in [2.45, 2.75) is 25.2 Å². The molecule has 26 heavy (non-hydrogen) atoms. The number of benzene rings is 1. The topological polar surface area (TPSA) is 70.9 Å². The van der Waals surface area contributed by atoms with Gasteiger partial charge in [-0.25, -0.2) is 8.42 Å². The molecule has 1 aromatic rings.